The Morgan fingerprint density at radius 2 is 1.91 bits per heavy atom. The second kappa shape index (κ2) is 12.3. The van der Waals surface area contributed by atoms with Crippen LogP contribution in [0.25, 0.3) is 5.69 Å². The third-order valence-corrected chi connectivity index (χ3v) is 6.45. The highest BCUT2D eigenvalue weighted by atomic mass is 32.2. The zero-order valence-electron chi connectivity index (χ0n) is 19.9. The number of nitro groups is 1. The molecule has 180 valence electrons. The molecule has 1 unspecified atom stereocenters. The molecular weight excluding hydrogens is 450 g/mol. The summed E-state index contributed by atoms with van der Waals surface area (Å²) in [5.74, 6) is 1.27. The van der Waals surface area contributed by atoms with E-state index in [0.29, 0.717) is 28.8 Å². The molecule has 1 N–H and O–H groups in total. The van der Waals surface area contributed by atoms with Gasteiger partial charge in [0.25, 0.3) is 5.69 Å². The normalized spacial score (nSPS) is 11.9. The Labute approximate surface area is 204 Å². The van der Waals surface area contributed by atoms with E-state index < -0.39 is 4.92 Å². The van der Waals surface area contributed by atoms with E-state index in [4.69, 9.17) is 0 Å². The number of hydrogen-bond donors (Lipinski definition) is 1. The molecule has 9 heteroatoms. The van der Waals surface area contributed by atoms with Gasteiger partial charge in [0.2, 0.25) is 5.91 Å². The predicted molar refractivity (Wildman–Crippen MR) is 134 cm³/mol. The highest BCUT2D eigenvalue weighted by Crippen LogP contribution is 2.28. The number of aromatic nitrogens is 3. The molecule has 3 rings (SSSR count). The Bertz CT molecular complexity index is 1110. The molecule has 0 aliphatic rings. The van der Waals surface area contributed by atoms with Crippen LogP contribution in [-0.2, 0) is 10.5 Å². The molecule has 0 saturated carbocycles. The number of nitrogens with zero attached hydrogens (tertiary/aromatic N) is 4. The molecule has 34 heavy (non-hydrogen) atoms. The van der Waals surface area contributed by atoms with Gasteiger partial charge in [-0.1, -0.05) is 67.8 Å². The van der Waals surface area contributed by atoms with Crippen LogP contribution in [-0.4, -0.2) is 25.6 Å². The quantitative estimate of drug-likeness (QED) is 0.149. The molecule has 0 spiro atoms. The van der Waals surface area contributed by atoms with Crippen molar-refractivity contribution in [3.05, 3.63) is 75.6 Å². The molecule has 0 fully saturated rings. The standard InChI is InChI=1S/C25H31N5O3S/c1-4-5-6-7-11-23(31)26-19(3)24-27-28-25(34-17-20-10-8-9-18(2)16-20)29(24)21-12-14-22(15-13-21)30(32)33/h8-10,12-16,19H,4-7,11,17H2,1-3H3,(H,26,31). The zero-order chi connectivity index (χ0) is 24.5. The smallest absolute Gasteiger partial charge is 0.269 e. The summed E-state index contributed by atoms with van der Waals surface area (Å²) in [5, 5.41) is 23.6. The molecule has 0 radical (unpaired) electrons. The van der Waals surface area contributed by atoms with Gasteiger partial charge >= 0.3 is 0 Å². The number of aryl methyl sites for hydroxylation is 1. The molecule has 3 aromatic rings. The molecule has 0 aliphatic heterocycles. The topological polar surface area (TPSA) is 103 Å². The fourth-order valence-corrected chi connectivity index (χ4v) is 4.56. The summed E-state index contributed by atoms with van der Waals surface area (Å²) in [6, 6.07) is 14.2. The first-order valence-corrected chi connectivity index (χ1v) is 12.6. The van der Waals surface area contributed by atoms with E-state index in [1.807, 2.05) is 17.6 Å². The summed E-state index contributed by atoms with van der Waals surface area (Å²) >= 11 is 1.53. The van der Waals surface area contributed by atoms with E-state index in [1.54, 1.807) is 12.1 Å². The van der Waals surface area contributed by atoms with E-state index in [2.05, 4.69) is 47.6 Å². The van der Waals surface area contributed by atoms with Gasteiger partial charge in [-0.2, -0.15) is 0 Å². The third kappa shape index (κ3) is 6.90. The number of amides is 1. The molecule has 0 aliphatic carbocycles. The van der Waals surface area contributed by atoms with Gasteiger partial charge in [-0.15, -0.1) is 10.2 Å². The van der Waals surface area contributed by atoms with E-state index in [9.17, 15) is 14.9 Å². The van der Waals surface area contributed by atoms with Crippen LogP contribution in [0.15, 0.2) is 53.7 Å². The summed E-state index contributed by atoms with van der Waals surface area (Å²) < 4.78 is 1.87. The second-order valence-electron chi connectivity index (χ2n) is 8.33. The summed E-state index contributed by atoms with van der Waals surface area (Å²) in [6.07, 6.45) is 4.62. The first-order chi connectivity index (χ1) is 16.4. The zero-order valence-corrected chi connectivity index (χ0v) is 20.7. The lowest BCUT2D eigenvalue weighted by molar-refractivity contribution is -0.384. The minimum atomic E-state index is -0.425. The lowest BCUT2D eigenvalue weighted by atomic mass is 10.1. The monoisotopic (exact) mass is 481 g/mol. The number of hydrogen-bond acceptors (Lipinski definition) is 6. The van der Waals surface area contributed by atoms with Crippen LogP contribution in [0.3, 0.4) is 0 Å². The van der Waals surface area contributed by atoms with Crippen LogP contribution < -0.4 is 5.32 Å². The molecule has 1 aromatic heterocycles. The van der Waals surface area contributed by atoms with Crippen LogP contribution in [0, 0.1) is 17.0 Å². The van der Waals surface area contributed by atoms with Crippen molar-refractivity contribution >= 4 is 23.4 Å². The molecule has 1 amide bonds. The van der Waals surface area contributed by atoms with Gasteiger partial charge in [0.1, 0.15) is 0 Å². The van der Waals surface area contributed by atoms with Crippen molar-refractivity contribution in [2.75, 3.05) is 0 Å². The highest BCUT2D eigenvalue weighted by Gasteiger charge is 2.21. The van der Waals surface area contributed by atoms with E-state index in [-0.39, 0.29) is 17.6 Å². The third-order valence-electron chi connectivity index (χ3n) is 5.45. The maximum Gasteiger partial charge on any atom is 0.269 e. The lowest BCUT2D eigenvalue weighted by Gasteiger charge is -2.16. The van der Waals surface area contributed by atoms with Crippen LogP contribution in [0.5, 0.6) is 0 Å². The minimum absolute atomic E-state index is 0.0146. The first-order valence-electron chi connectivity index (χ1n) is 11.6. The summed E-state index contributed by atoms with van der Waals surface area (Å²) in [5.41, 5.74) is 3.08. The molecule has 1 atom stereocenters. The summed E-state index contributed by atoms with van der Waals surface area (Å²) in [7, 11) is 0. The average Bonchev–Trinajstić information content (AvgIpc) is 3.25. The molecule has 2 aromatic carbocycles. The second-order valence-corrected chi connectivity index (χ2v) is 9.27. The van der Waals surface area contributed by atoms with E-state index in [0.717, 1.165) is 25.7 Å². The van der Waals surface area contributed by atoms with Crippen LogP contribution in [0.4, 0.5) is 5.69 Å². The minimum Gasteiger partial charge on any atom is -0.346 e. The number of nitro benzene ring substituents is 1. The Morgan fingerprint density at radius 1 is 1.15 bits per heavy atom. The number of carbonyl (C=O) groups excluding carboxylic acids is 1. The van der Waals surface area contributed by atoms with Crippen molar-refractivity contribution in [2.24, 2.45) is 0 Å². The van der Waals surface area contributed by atoms with Crippen molar-refractivity contribution in [3.8, 4) is 5.69 Å². The van der Waals surface area contributed by atoms with Gasteiger partial charge in [-0.25, -0.2) is 0 Å². The van der Waals surface area contributed by atoms with Crippen LogP contribution in [0.1, 0.15) is 68.9 Å². The fraction of sp³-hybridized carbons (Fsp3) is 0.400. The van der Waals surface area contributed by atoms with Gasteiger partial charge < -0.3 is 5.32 Å². The Morgan fingerprint density at radius 3 is 2.59 bits per heavy atom. The Hall–Kier alpha value is -3.20. The maximum absolute atomic E-state index is 12.5. The molecule has 0 bridgehead atoms. The number of benzene rings is 2. The average molecular weight is 482 g/mol. The number of rotatable bonds is 12. The number of nitrogens with one attached hydrogen (secondary N) is 1. The van der Waals surface area contributed by atoms with Gasteiger partial charge in [-0.3, -0.25) is 19.5 Å². The maximum atomic E-state index is 12.5. The number of non-ortho nitro benzene ring substituents is 1. The van der Waals surface area contributed by atoms with E-state index >= 15 is 0 Å². The predicted octanol–water partition coefficient (Wildman–Crippen LogP) is 5.92. The highest BCUT2D eigenvalue weighted by molar-refractivity contribution is 7.98. The van der Waals surface area contributed by atoms with Crippen molar-refractivity contribution < 1.29 is 9.72 Å². The Kier molecular flexibility index (Phi) is 9.21. The van der Waals surface area contributed by atoms with Crippen LogP contribution >= 0.6 is 11.8 Å². The van der Waals surface area contributed by atoms with Crippen LogP contribution in [0.2, 0.25) is 0 Å². The molecule has 8 nitrogen and oxygen atoms in total. The summed E-state index contributed by atoms with van der Waals surface area (Å²) in [4.78, 5) is 23.1. The molecular formula is C25H31N5O3S. The SMILES string of the molecule is CCCCCCC(=O)NC(C)c1nnc(SCc2cccc(C)c2)n1-c1ccc([N+](=O)[O-])cc1. The number of carbonyl (C=O) groups is 1. The van der Waals surface area contributed by atoms with Crippen molar-refractivity contribution in [3.63, 3.8) is 0 Å². The first kappa shape index (κ1) is 25.4. The largest absolute Gasteiger partial charge is 0.346 e. The molecule has 1 heterocycles. The fourth-order valence-electron chi connectivity index (χ4n) is 3.66. The van der Waals surface area contributed by atoms with Crippen molar-refractivity contribution in [1.82, 2.24) is 20.1 Å². The van der Waals surface area contributed by atoms with Gasteiger partial charge in [-0.05, 0) is 38.0 Å². The van der Waals surface area contributed by atoms with Gasteiger partial charge in [0.05, 0.1) is 11.0 Å². The molecule has 0 saturated heterocycles. The van der Waals surface area contributed by atoms with E-state index in [1.165, 1.54) is 35.0 Å². The van der Waals surface area contributed by atoms with Gasteiger partial charge in [0, 0.05) is 30.0 Å². The van der Waals surface area contributed by atoms with Crippen molar-refractivity contribution in [1.29, 1.82) is 0 Å². The number of unbranched alkanes of at least 4 members (excludes halogenated alkanes) is 3. The number of thioether (sulfide) groups is 1. The van der Waals surface area contributed by atoms with Gasteiger partial charge in [0.15, 0.2) is 11.0 Å². The lowest BCUT2D eigenvalue weighted by Crippen LogP contribution is -2.28. The van der Waals surface area contributed by atoms with Crippen molar-refractivity contribution in [2.45, 2.75) is 69.8 Å². The summed E-state index contributed by atoms with van der Waals surface area (Å²) in [6.45, 7) is 6.07. The Balaban J connectivity index is 1.83.